The highest BCUT2D eigenvalue weighted by molar-refractivity contribution is 5.98. The molecule has 0 bridgehead atoms. The molecule has 0 aliphatic carbocycles. The average Bonchev–Trinajstić information content (AvgIpc) is 2.38. The summed E-state index contributed by atoms with van der Waals surface area (Å²) < 4.78 is 4.51. The van der Waals surface area contributed by atoms with Gasteiger partial charge in [0, 0.05) is 18.6 Å². The summed E-state index contributed by atoms with van der Waals surface area (Å²) in [6.07, 6.45) is 0.594. The zero-order valence-corrected chi connectivity index (χ0v) is 9.14. The molecule has 1 aromatic carbocycles. The summed E-state index contributed by atoms with van der Waals surface area (Å²) >= 11 is 0. The Bertz CT molecular complexity index is 581. The van der Waals surface area contributed by atoms with Crippen molar-refractivity contribution < 1.29 is 14.3 Å². The largest absolute Gasteiger partial charge is 0.414 e. The van der Waals surface area contributed by atoms with Gasteiger partial charge >= 0.3 is 12.1 Å². The van der Waals surface area contributed by atoms with Crippen LogP contribution in [0.15, 0.2) is 36.5 Å². The number of hydrogen-bond donors (Lipinski definition) is 1. The predicted molar refractivity (Wildman–Crippen MR) is 61.6 cm³/mol. The number of carbonyl (C=O) groups is 2. The molecule has 1 N–H and O–H groups in total. The Hall–Kier alpha value is -2.43. The Balaban J connectivity index is 2.30. The fraction of sp³-hybridized carbons (Fsp3) is 0.0833. The topological polar surface area (TPSA) is 68.3 Å². The molecule has 0 saturated carbocycles. The van der Waals surface area contributed by atoms with Gasteiger partial charge in [0.2, 0.25) is 0 Å². The van der Waals surface area contributed by atoms with Crippen molar-refractivity contribution in [1.29, 1.82) is 0 Å². The zero-order chi connectivity index (χ0) is 12.3. The molecule has 0 radical (unpaired) electrons. The molecule has 0 aliphatic rings. The van der Waals surface area contributed by atoms with Crippen molar-refractivity contribution >= 4 is 23.0 Å². The molecule has 1 aromatic heterocycles. The van der Waals surface area contributed by atoms with Crippen molar-refractivity contribution in [3.63, 3.8) is 0 Å². The fourth-order valence-corrected chi connectivity index (χ4v) is 1.38. The smallest absolute Gasteiger partial charge is 0.373 e. The van der Waals surface area contributed by atoms with Gasteiger partial charge < -0.3 is 10.1 Å². The Morgan fingerprint density at radius 1 is 1.29 bits per heavy atom. The average molecular weight is 230 g/mol. The molecule has 1 amide bonds. The lowest BCUT2D eigenvalue weighted by Crippen LogP contribution is -2.22. The highest BCUT2D eigenvalue weighted by atomic mass is 16.6. The lowest BCUT2D eigenvalue weighted by Gasteiger charge is -2.02. The Labute approximate surface area is 97.4 Å². The number of nitrogens with one attached hydrogen (secondary N) is 1. The SMILES string of the molecule is CNC(=O)OC(=O)c1cnc2ccccc2c1. The molecule has 2 rings (SSSR count). The summed E-state index contributed by atoms with van der Waals surface area (Å²) in [6, 6.07) is 9.01. The maximum atomic E-state index is 11.5. The number of benzene rings is 1. The van der Waals surface area contributed by atoms with Crippen LogP contribution in [-0.4, -0.2) is 24.1 Å². The van der Waals surface area contributed by atoms with E-state index in [1.54, 1.807) is 6.07 Å². The number of carbonyl (C=O) groups excluding carboxylic acids is 2. The maximum Gasteiger partial charge on any atom is 0.414 e. The minimum absolute atomic E-state index is 0.243. The van der Waals surface area contributed by atoms with E-state index in [4.69, 9.17) is 0 Å². The minimum Gasteiger partial charge on any atom is -0.373 e. The maximum absolute atomic E-state index is 11.5. The molecule has 5 heteroatoms. The van der Waals surface area contributed by atoms with Crippen LogP contribution in [0.4, 0.5) is 4.79 Å². The molecule has 0 atom stereocenters. The molecule has 0 aliphatic heterocycles. The molecule has 86 valence electrons. The second kappa shape index (κ2) is 4.61. The molecule has 0 saturated heterocycles. The minimum atomic E-state index is -0.789. The van der Waals surface area contributed by atoms with Crippen molar-refractivity contribution in [2.24, 2.45) is 0 Å². The summed E-state index contributed by atoms with van der Waals surface area (Å²) in [7, 11) is 1.38. The van der Waals surface area contributed by atoms with Crippen molar-refractivity contribution in [3.05, 3.63) is 42.1 Å². The van der Waals surface area contributed by atoms with E-state index in [0.29, 0.717) is 0 Å². The lowest BCUT2D eigenvalue weighted by atomic mass is 10.2. The van der Waals surface area contributed by atoms with Gasteiger partial charge in [-0.3, -0.25) is 4.98 Å². The molecule has 5 nitrogen and oxygen atoms in total. The van der Waals surface area contributed by atoms with Crippen LogP contribution in [0.5, 0.6) is 0 Å². The van der Waals surface area contributed by atoms with Crippen LogP contribution >= 0.6 is 0 Å². The molecule has 0 spiro atoms. The van der Waals surface area contributed by atoms with Gasteiger partial charge in [-0.2, -0.15) is 0 Å². The Kier molecular flexibility index (Phi) is 3.00. The third kappa shape index (κ3) is 2.39. The number of amides is 1. The number of pyridine rings is 1. The molecule has 0 fully saturated rings. The van der Waals surface area contributed by atoms with Gasteiger partial charge in [0.1, 0.15) is 0 Å². The van der Waals surface area contributed by atoms with Gasteiger partial charge in [-0.1, -0.05) is 18.2 Å². The number of para-hydroxylation sites is 1. The van der Waals surface area contributed by atoms with E-state index < -0.39 is 12.1 Å². The van der Waals surface area contributed by atoms with Crippen LogP contribution in [0.3, 0.4) is 0 Å². The molecule has 1 heterocycles. The van der Waals surface area contributed by atoms with E-state index >= 15 is 0 Å². The molecular weight excluding hydrogens is 220 g/mol. The first-order chi connectivity index (χ1) is 8.20. The predicted octanol–water partition coefficient (Wildman–Crippen LogP) is 1.73. The van der Waals surface area contributed by atoms with Crippen molar-refractivity contribution in [2.75, 3.05) is 7.05 Å². The number of rotatable bonds is 1. The van der Waals surface area contributed by atoms with Gasteiger partial charge in [0.15, 0.2) is 0 Å². The second-order valence-electron chi connectivity index (χ2n) is 3.34. The first-order valence-corrected chi connectivity index (χ1v) is 4.99. The second-order valence-corrected chi connectivity index (χ2v) is 3.34. The van der Waals surface area contributed by atoms with Crippen LogP contribution < -0.4 is 5.32 Å². The van der Waals surface area contributed by atoms with Crippen LogP contribution in [0, 0.1) is 0 Å². The van der Waals surface area contributed by atoms with Crippen LogP contribution in [-0.2, 0) is 4.74 Å². The van der Waals surface area contributed by atoms with Gasteiger partial charge in [0.25, 0.3) is 0 Å². The number of fused-ring (bicyclic) bond motifs is 1. The van der Waals surface area contributed by atoms with Crippen LogP contribution in [0.25, 0.3) is 10.9 Å². The monoisotopic (exact) mass is 230 g/mol. The van der Waals surface area contributed by atoms with Crippen LogP contribution in [0.1, 0.15) is 10.4 Å². The van der Waals surface area contributed by atoms with E-state index in [0.717, 1.165) is 10.9 Å². The quantitative estimate of drug-likeness (QED) is 0.598. The van der Waals surface area contributed by atoms with E-state index in [1.165, 1.54) is 13.2 Å². The summed E-state index contributed by atoms with van der Waals surface area (Å²) in [5, 5.41) is 3.02. The number of esters is 1. The first kappa shape index (κ1) is 11.1. The summed E-state index contributed by atoms with van der Waals surface area (Å²) in [5.74, 6) is -0.720. The van der Waals surface area contributed by atoms with Crippen LogP contribution in [0.2, 0.25) is 0 Å². The Morgan fingerprint density at radius 3 is 2.82 bits per heavy atom. The van der Waals surface area contributed by atoms with E-state index in [9.17, 15) is 9.59 Å². The highest BCUT2D eigenvalue weighted by Crippen LogP contribution is 2.13. The Morgan fingerprint density at radius 2 is 2.06 bits per heavy atom. The number of hydrogen-bond acceptors (Lipinski definition) is 4. The van der Waals surface area contributed by atoms with E-state index in [2.05, 4.69) is 15.0 Å². The highest BCUT2D eigenvalue weighted by Gasteiger charge is 2.12. The number of ether oxygens (including phenoxy) is 1. The first-order valence-electron chi connectivity index (χ1n) is 4.99. The third-order valence-electron chi connectivity index (χ3n) is 2.22. The molecule has 2 aromatic rings. The molecule has 17 heavy (non-hydrogen) atoms. The van der Waals surface area contributed by atoms with Gasteiger partial charge in [-0.15, -0.1) is 0 Å². The lowest BCUT2D eigenvalue weighted by molar-refractivity contribution is 0.0625. The van der Waals surface area contributed by atoms with Crippen molar-refractivity contribution in [1.82, 2.24) is 10.3 Å². The summed E-state index contributed by atoms with van der Waals surface area (Å²) in [6.45, 7) is 0. The molecule has 0 unspecified atom stereocenters. The summed E-state index contributed by atoms with van der Waals surface area (Å²) in [5.41, 5.74) is 1.02. The molecular formula is C12H10N2O3. The standard InChI is InChI=1S/C12H10N2O3/c1-13-12(16)17-11(15)9-6-8-4-2-3-5-10(8)14-7-9/h2-7H,1H3,(H,13,16). The van der Waals surface area contributed by atoms with Gasteiger partial charge in [-0.05, 0) is 12.1 Å². The fourth-order valence-electron chi connectivity index (χ4n) is 1.38. The van der Waals surface area contributed by atoms with Gasteiger partial charge in [-0.25, -0.2) is 9.59 Å². The van der Waals surface area contributed by atoms with Crippen molar-refractivity contribution in [3.8, 4) is 0 Å². The normalized spacial score (nSPS) is 9.94. The zero-order valence-electron chi connectivity index (χ0n) is 9.14. The van der Waals surface area contributed by atoms with E-state index in [1.807, 2.05) is 24.3 Å². The van der Waals surface area contributed by atoms with E-state index in [-0.39, 0.29) is 5.56 Å². The third-order valence-corrected chi connectivity index (χ3v) is 2.22. The van der Waals surface area contributed by atoms with Gasteiger partial charge in [0.05, 0.1) is 11.1 Å². The van der Waals surface area contributed by atoms with Crippen molar-refractivity contribution in [2.45, 2.75) is 0 Å². The number of nitrogens with zero attached hydrogens (tertiary/aromatic N) is 1. The number of alkyl carbamates (subject to hydrolysis) is 1. The number of aromatic nitrogens is 1. The summed E-state index contributed by atoms with van der Waals surface area (Å²) in [4.78, 5) is 26.5.